The minimum Gasteiger partial charge on any atom is -0.343 e. The third-order valence-corrected chi connectivity index (χ3v) is 3.10. The summed E-state index contributed by atoms with van der Waals surface area (Å²) in [6.07, 6.45) is 6.49. The number of piperidine rings is 1. The molecule has 6 nitrogen and oxygen atoms in total. The summed E-state index contributed by atoms with van der Waals surface area (Å²) in [4.78, 5) is 27.6. The van der Waals surface area contributed by atoms with Crippen molar-refractivity contribution in [2.24, 2.45) is 0 Å². The summed E-state index contributed by atoms with van der Waals surface area (Å²) in [5.74, 6) is 0.0779. The minimum absolute atomic E-state index is 0.0779. The zero-order valence-corrected chi connectivity index (χ0v) is 9.66. The maximum atomic E-state index is 11.7. The first kappa shape index (κ1) is 11.8. The molecular weight excluding hydrogens is 220 g/mol. The number of carbonyl (C=O) groups excluding carboxylic acids is 2. The Labute approximate surface area is 99.6 Å². The molecule has 1 aliphatic heterocycles. The fourth-order valence-corrected chi connectivity index (χ4v) is 2.13. The van der Waals surface area contributed by atoms with Crippen molar-refractivity contribution in [3.8, 4) is 0 Å². The molecule has 2 rings (SSSR count). The summed E-state index contributed by atoms with van der Waals surface area (Å²) in [7, 11) is 0. The van der Waals surface area contributed by atoms with Crippen molar-refractivity contribution < 1.29 is 9.59 Å². The number of aldehydes is 1. The summed E-state index contributed by atoms with van der Waals surface area (Å²) in [5.41, 5.74) is 0. The summed E-state index contributed by atoms with van der Waals surface area (Å²) >= 11 is 0. The molecule has 1 aromatic rings. The van der Waals surface area contributed by atoms with E-state index in [0.29, 0.717) is 18.9 Å². The van der Waals surface area contributed by atoms with Gasteiger partial charge in [0, 0.05) is 25.9 Å². The molecule has 1 amide bonds. The molecule has 0 aromatic carbocycles. The number of hydrogen-bond acceptors (Lipinski definition) is 4. The molecule has 0 spiro atoms. The van der Waals surface area contributed by atoms with Crippen LogP contribution in [0.4, 0.5) is 0 Å². The van der Waals surface area contributed by atoms with Gasteiger partial charge in [0.15, 0.2) is 0 Å². The number of rotatable bonds is 4. The van der Waals surface area contributed by atoms with Crippen LogP contribution >= 0.6 is 0 Å². The van der Waals surface area contributed by atoms with E-state index in [-0.39, 0.29) is 5.91 Å². The van der Waals surface area contributed by atoms with Crippen LogP contribution in [0.2, 0.25) is 0 Å². The van der Waals surface area contributed by atoms with Crippen LogP contribution in [0.25, 0.3) is 0 Å². The van der Waals surface area contributed by atoms with E-state index in [9.17, 15) is 9.59 Å². The van der Waals surface area contributed by atoms with Crippen molar-refractivity contribution in [2.75, 3.05) is 13.1 Å². The Kier molecular flexibility index (Phi) is 3.85. The highest BCUT2D eigenvalue weighted by atomic mass is 16.2. The summed E-state index contributed by atoms with van der Waals surface area (Å²) < 4.78 is 1.85. The fraction of sp³-hybridized carbons (Fsp3) is 0.636. The number of amides is 1. The van der Waals surface area contributed by atoms with Gasteiger partial charge >= 0.3 is 0 Å². The Bertz CT molecular complexity index is 369. The Hall–Kier alpha value is -1.72. The van der Waals surface area contributed by atoms with E-state index in [4.69, 9.17) is 0 Å². The highest BCUT2D eigenvalue weighted by Crippen LogP contribution is 2.21. The van der Waals surface area contributed by atoms with Gasteiger partial charge in [-0.1, -0.05) is 0 Å². The third-order valence-electron chi connectivity index (χ3n) is 3.10. The van der Waals surface area contributed by atoms with Gasteiger partial charge in [-0.15, -0.1) is 0 Å². The molecule has 1 aliphatic rings. The average molecular weight is 236 g/mol. The summed E-state index contributed by atoms with van der Waals surface area (Å²) in [6.45, 7) is 1.48. The fourth-order valence-electron chi connectivity index (χ4n) is 2.13. The first-order valence-electron chi connectivity index (χ1n) is 5.87. The van der Waals surface area contributed by atoms with Crippen LogP contribution in [0.5, 0.6) is 0 Å². The molecule has 1 fully saturated rings. The first-order valence-corrected chi connectivity index (χ1v) is 5.87. The van der Waals surface area contributed by atoms with E-state index in [1.54, 1.807) is 6.33 Å². The predicted octanol–water partition coefficient (Wildman–Crippen LogP) is 0.421. The molecule has 0 radical (unpaired) electrons. The standard InChI is InChI=1S/C11H16N4O2/c16-7-1-2-11(17)14-5-3-10(4-6-14)15-9-12-8-13-15/h7-10H,1-6H2. The lowest BCUT2D eigenvalue weighted by Gasteiger charge is -2.31. The van der Waals surface area contributed by atoms with Crippen LogP contribution in [-0.4, -0.2) is 44.9 Å². The number of nitrogens with zero attached hydrogens (tertiary/aromatic N) is 4. The minimum atomic E-state index is 0.0779. The molecular formula is C11H16N4O2. The van der Waals surface area contributed by atoms with Crippen molar-refractivity contribution in [3.05, 3.63) is 12.7 Å². The third kappa shape index (κ3) is 2.89. The van der Waals surface area contributed by atoms with Crippen molar-refractivity contribution in [1.29, 1.82) is 0 Å². The maximum Gasteiger partial charge on any atom is 0.222 e. The van der Waals surface area contributed by atoms with Gasteiger partial charge < -0.3 is 9.69 Å². The quantitative estimate of drug-likeness (QED) is 0.710. The van der Waals surface area contributed by atoms with E-state index >= 15 is 0 Å². The summed E-state index contributed by atoms with van der Waals surface area (Å²) in [6, 6.07) is 0.340. The van der Waals surface area contributed by atoms with Crippen molar-refractivity contribution >= 4 is 12.2 Å². The molecule has 0 saturated carbocycles. The first-order chi connectivity index (χ1) is 8.31. The van der Waals surface area contributed by atoms with Crippen molar-refractivity contribution in [2.45, 2.75) is 31.7 Å². The number of carbonyl (C=O) groups is 2. The van der Waals surface area contributed by atoms with Gasteiger partial charge in [0.25, 0.3) is 0 Å². The molecule has 6 heteroatoms. The van der Waals surface area contributed by atoms with E-state index in [2.05, 4.69) is 10.1 Å². The molecule has 2 heterocycles. The van der Waals surface area contributed by atoms with Gasteiger partial charge in [0.1, 0.15) is 18.9 Å². The SMILES string of the molecule is O=CCCC(=O)N1CCC(n2cncn2)CC1. The second-order valence-corrected chi connectivity index (χ2v) is 4.19. The van der Waals surface area contributed by atoms with E-state index in [0.717, 1.165) is 32.2 Å². The Morgan fingerprint density at radius 1 is 1.41 bits per heavy atom. The van der Waals surface area contributed by atoms with Crippen molar-refractivity contribution in [3.63, 3.8) is 0 Å². The number of aromatic nitrogens is 3. The highest BCUT2D eigenvalue weighted by Gasteiger charge is 2.23. The summed E-state index contributed by atoms with van der Waals surface area (Å²) in [5, 5.41) is 4.12. The molecule has 17 heavy (non-hydrogen) atoms. The largest absolute Gasteiger partial charge is 0.343 e. The Balaban J connectivity index is 1.81. The van der Waals surface area contributed by atoms with Gasteiger partial charge in [-0.25, -0.2) is 9.67 Å². The molecule has 0 N–H and O–H groups in total. The van der Waals surface area contributed by atoms with Gasteiger partial charge in [-0.3, -0.25) is 4.79 Å². The van der Waals surface area contributed by atoms with Gasteiger partial charge in [-0.05, 0) is 12.8 Å². The van der Waals surface area contributed by atoms with Crippen LogP contribution in [0.1, 0.15) is 31.7 Å². The zero-order valence-electron chi connectivity index (χ0n) is 9.66. The van der Waals surface area contributed by atoms with Crippen LogP contribution < -0.4 is 0 Å². The Morgan fingerprint density at radius 3 is 2.76 bits per heavy atom. The highest BCUT2D eigenvalue weighted by molar-refractivity contribution is 5.78. The molecule has 0 bridgehead atoms. The molecule has 92 valence electrons. The lowest BCUT2D eigenvalue weighted by molar-refractivity contribution is -0.133. The molecule has 0 unspecified atom stereocenters. The lowest BCUT2D eigenvalue weighted by Crippen LogP contribution is -2.39. The van der Waals surface area contributed by atoms with Crippen LogP contribution in [0.3, 0.4) is 0 Å². The van der Waals surface area contributed by atoms with E-state index in [1.165, 1.54) is 6.33 Å². The van der Waals surface area contributed by atoms with Crippen LogP contribution in [-0.2, 0) is 9.59 Å². The maximum absolute atomic E-state index is 11.7. The lowest BCUT2D eigenvalue weighted by atomic mass is 10.0. The second-order valence-electron chi connectivity index (χ2n) is 4.19. The van der Waals surface area contributed by atoms with Crippen LogP contribution in [0.15, 0.2) is 12.7 Å². The molecule has 1 saturated heterocycles. The smallest absolute Gasteiger partial charge is 0.222 e. The molecule has 0 atom stereocenters. The monoisotopic (exact) mass is 236 g/mol. The predicted molar refractivity (Wildman–Crippen MR) is 60.2 cm³/mol. The molecule has 1 aromatic heterocycles. The Morgan fingerprint density at radius 2 is 2.18 bits per heavy atom. The normalized spacial score (nSPS) is 17.1. The second kappa shape index (κ2) is 5.56. The zero-order chi connectivity index (χ0) is 12.1. The van der Waals surface area contributed by atoms with E-state index in [1.807, 2.05) is 9.58 Å². The van der Waals surface area contributed by atoms with Crippen molar-refractivity contribution in [1.82, 2.24) is 19.7 Å². The average Bonchev–Trinajstić information content (AvgIpc) is 2.90. The van der Waals surface area contributed by atoms with E-state index < -0.39 is 0 Å². The molecule has 0 aliphatic carbocycles. The van der Waals surface area contributed by atoms with Gasteiger partial charge in [0.2, 0.25) is 5.91 Å². The topological polar surface area (TPSA) is 68.1 Å². The van der Waals surface area contributed by atoms with Gasteiger partial charge in [-0.2, -0.15) is 5.10 Å². The van der Waals surface area contributed by atoms with Crippen LogP contribution in [0, 0.1) is 0 Å². The van der Waals surface area contributed by atoms with Gasteiger partial charge in [0.05, 0.1) is 6.04 Å². The number of hydrogen-bond donors (Lipinski definition) is 0. The number of likely N-dealkylation sites (tertiary alicyclic amines) is 1.